The Hall–Kier alpha value is -3.06. The molecule has 2 N–H and O–H groups in total. The Morgan fingerprint density at radius 1 is 1.04 bits per heavy atom. The first kappa shape index (κ1) is 16.8. The zero-order valence-corrected chi connectivity index (χ0v) is 14.2. The fourth-order valence-corrected chi connectivity index (χ4v) is 3.16. The average Bonchev–Trinajstić information content (AvgIpc) is 2.62. The molecule has 0 bridgehead atoms. The summed E-state index contributed by atoms with van der Waals surface area (Å²) < 4.78 is 29.7. The summed E-state index contributed by atoms with van der Waals surface area (Å²) in [6.45, 7) is 0. The van der Waals surface area contributed by atoms with E-state index in [9.17, 15) is 13.5 Å². The molecular formula is C18H16N2O4S. The molecule has 3 rings (SSSR count). The lowest BCUT2D eigenvalue weighted by molar-refractivity contribution is 0.373. The SMILES string of the molecule is COc1cc(/C=N/NS(=O)(=O)c2ccc3ccccc3c2)ccc1O. The third kappa shape index (κ3) is 3.72. The van der Waals surface area contributed by atoms with Crippen LogP contribution in [0.1, 0.15) is 5.56 Å². The van der Waals surface area contributed by atoms with Gasteiger partial charge in [-0.1, -0.05) is 30.3 Å². The van der Waals surface area contributed by atoms with Crippen LogP contribution in [0.4, 0.5) is 0 Å². The molecular weight excluding hydrogens is 340 g/mol. The summed E-state index contributed by atoms with van der Waals surface area (Å²) in [7, 11) is -2.35. The minimum atomic E-state index is -3.77. The van der Waals surface area contributed by atoms with E-state index in [-0.39, 0.29) is 16.4 Å². The van der Waals surface area contributed by atoms with Crippen molar-refractivity contribution in [3.05, 3.63) is 66.2 Å². The molecule has 0 heterocycles. The number of methoxy groups -OCH3 is 1. The number of rotatable bonds is 5. The second-order valence-electron chi connectivity index (χ2n) is 5.29. The fraction of sp³-hybridized carbons (Fsp3) is 0.0556. The van der Waals surface area contributed by atoms with E-state index in [2.05, 4.69) is 9.93 Å². The van der Waals surface area contributed by atoms with Crippen LogP contribution in [0.2, 0.25) is 0 Å². The van der Waals surface area contributed by atoms with E-state index in [0.29, 0.717) is 5.56 Å². The monoisotopic (exact) mass is 356 g/mol. The third-order valence-corrected chi connectivity index (χ3v) is 4.84. The van der Waals surface area contributed by atoms with Gasteiger partial charge in [0.1, 0.15) is 0 Å². The van der Waals surface area contributed by atoms with Crippen molar-refractivity contribution in [2.24, 2.45) is 5.10 Å². The van der Waals surface area contributed by atoms with Crippen LogP contribution < -0.4 is 9.57 Å². The van der Waals surface area contributed by atoms with Crippen LogP contribution in [0.25, 0.3) is 10.8 Å². The molecule has 0 aliphatic rings. The number of hydrogen-bond acceptors (Lipinski definition) is 5. The van der Waals surface area contributed by atoms with Gasteiger partial charge in [-0.05, 0) is 46.7 Å². The highest BCUT2D eigenvalue weighted by Gasteiger charge is 2.13. The molecule has 3 aromatic rings. The highest BCUT2D eigenvalue weighted by atomic mass is 32.2. The Kier molecular flexibility index (Phi) is 4.58. The largest absolute Gasteiger partial charge is 0.504 e. The summed E-state index contributed by atoms with van der Waals surface area (Å²) in [5.41, 5.74) is 0.580. The molecule has 0 amide bonds. The molecule has 0 atom stereocenters. The zero-order chi connectivity index (χ0) is 17.9. The minimum absolute atomic E-state index is 0.00334. The summed E-state index contributed by atoms with van der Waals surface area (Å²) in [4.78, 5) is 2.31. The van der Waals surface area contributed by atoms with Crippen molar-refractivity contribution in [1.29, 1.82) is 0 Å². The zero-order valence-electron chi connectivity index (χ0n) is 13.4. The fourth-order valence-electron chi connectivity index (χ4n) is 2.33. The van der Waals surface area contributed by atoms with E-state index in [0.717, 1.165) is 10.8 Å². The van der Waals surface area contributed by atoms with Crippen LogP contribution >= 0.6 is 0 Å². The van der Waals surface area contributed by atoms with E-state index in [1.54, 1.807) is 24.3 Å². The number of nitrogens with one attached hydrogen (secondary N) is 1. The molecule has 0 fully saturated rings. The number of ether oxygens (including phenoxy) is 1. The van der Waals surface area contributed by atoms with Gasteiger partial charge in [-0.25, -0.2) is 4.83 Å². The van der Waals surface area contributed by atoms with Gasteiger partial charge in [0, 0.05) is 0 Å². The Morgan fingerprint density at radius 2 is 1.80 bits per heavy atom. The Balaban J connectivity index is 1.81. The third-order valence-electron chi connectivity index (χ3n) is 3.62. The molecule has 3 aromatic carbocycles. The van der Waals surface area contributed by atoms with Gasteiger partial charge in [-0.15, -0.1) is 0 Å². The normalized spacial score (nSPS) is 11.7. The van der Waals surface area contributed by atoms with Crippen LogP contribution in [0.15, 0.2) is 70.7 Å². The average molecular weight is 356 g/mol. The van der Waals surface area contributed by atoms with Crippen molar-refractivity contribution in [2.45, 2.75) is 4.90 Å². The first-order valence-corrected chi connectivity index (χ1v) is 8.88. The molecule has 0 aliphatic carbocycles. The van der Waals surface area contributed by atoms with Gasteiger partial charge in [-0.3, -0.25) is 0 Å². The number of aromatic hydroxyl groups is 1. The van der Waals surface area contributed by atoms with Crippen molar-refractivity contribution >= 4 is 27.0 Å². The minimum Gasteiger partial charge on any atom is -0.504 e. The summed E-state index contributed by atoms with van der Waals surface area (Å²) in [5.74, 6) is 0.276. The smallest absolute Gasteiger partial charge is 0.276 e. The maximum absolute atomic E-state index is 12.4. The van der Waals surface area contributed by atoms with Crippen LogP contribution in [0.3, 0.4) is 0 Å². The predicted octanol–water partition coefficient (Wildman–Crippen LogP) is 2.87. The lowest BCUT2D eigenvalue weighted by Gasteiger charge is -2.06. The summed E-state index contributed by atoms with van der Waals surface area (Å²) >= 11 is 0. The number of phenols is 1. The molecule has 0 saturated heterocycles. The first-order valence-electron chi connectivity index (χ1n) is 7.40. The Labute approximate surface area is 145 Å². The summed E-state index contributed by atoms with van der Waals surface area (Å²) in [6.07, 6.45) is 1.33. The van der Waals surface area contributed by atoms with Gasteiger partial charge < -0.3 is 9.84 Å². The van der Waals surface area contributed by atoms with E-state index in [1.165, 1.54) is 25.5 Å². The molecule has 7 heteroatoms. The van der Waals surface area contributed by atoms with Crippen molar-refractivity contribution < 1.29 is 18.3 Å². The first-order chi connectivity index (χ1) is 12.0. The standard InChI is InChI=1S/C18H16N2O4S/c1-24-18-10-13(6-9-17(18)21)12-19-20-25(22,23)16-8-7-14-4-2-3-5-15(14)11-16/h2-12,20-21H,1H3/b19-12+. The lowest BCUT2D eigenvalue weighted by Crippen LogP contribution is -2.18. The molecule has 0 spiro atoms. The van der Waals surface area contributed by atoms with Gasteiger partial charge in [-0.2, -0.15) is 13.5 Å². The topological polar surface area (TPSA) is 88.0 Å². The number of hydrogen-bond donors (Lipinski definition) is 2. The van der Waals surface area contributed by atoms with Gasteiger partial charge in [0.05, 0.1) is 18.2 Å². The quantitative estimate of drug-likeness (QED) is 0.543. The van der Waals surface area contributed by atoms with Crippen molar-refractivity contribution in [2.75, 3.05) is 7.11 Å². The van der Waals surface area contributed by atoms with Crippen molar-refractivity contribution in [3.8, 4) is 11.5 Å². The number of benzene rings is 3. The maximum atomic E-state index is 12.4. The number of nitrogens with zero attached hydrogens (tertiary/aromatic N) is 1. The molecule has 0 saturated carbocycles. The van der Waals surface area contributed by atoms with Gasteiger partial charge in [0.25, 0.3) is 10.0 Å². The van der Waals surface area contributed by atoms with Crippen LogP contribution in [-0.2, 0) is 10.0 Å². The number of phenolic OH excluding ortho intramolecular Hbond substituents is 1. The molecule has 128 valence electrons. The molecule has 6 nitrogen and oxygen atoms in total. The van der Waals surface area contributed by atoms with E-state index in [1.807, 2.05) is 24.3 Å². The van der Waals surface area contributed by atoms with Crippen LogP contribution in [0.5, 0.6) is 11.5 Å². The Morgan fingerprint density at radius 3 is 2.56 bits per heavy atom. The van der Waals surface area contributed by atoms with Crippen LogP contribution in [-0.4, -0.2) is 26.8 Å². The lowest BCUT2D eigenvalue weighted by atomic mass is 10.1. The van der Waals surface area contributed by atoms with Gasteiger partial charge in [0.2, 0.25) is 0 Å². The maximum Gasteiger partial charge on any atom is 0.276 e. The van der Waals surface area contributed by atoms with Gasteiger partial charge in [0.15, 0.2) is 11.5 Å². The summed E-state index contributed by atoms with van der Waals surface area (Å²) in [6, 6.07) is 17.0. The summed E-state index contributed by atoms with van der Waals surface area (Å²) in [5, 5.41) is 15.1. The number of hydrazone groups is 1. The second kappa shape index (κ2) is 6.82. The van der Waals surface area contributed by atoms with Crippen molar-refractivity contribution in [1.82, 2.24) is 4.83 Å². The molecule has 0 aromatic heterocycles. The van der Waals surface area contributed by atoms with Crippen LogP contribution in [0, 0.1) is 0 Å². The molecule has 0 aliphatic heterocycles. The highest BCUT2D eigenvalue weighted by molar-refractivity contribution is 7.89. The number of fused-ring (bicyclic) bond motifs is 1. The second-order valence-corrected chi connectivity index (χ2v) is 6.95. The Bertz CT molecular complexity index is 1050. The van der Waals surface area contributed by atoms with E-state index >= 15 is 0 Å². The van der Waals surface area contributed by atoms with E-state index < -0.39 is 10.0 Å². The number of sulfonamides is 1. The molecule has 0 radical (unpaired) electrons. The predicted molar refractivity (Wildman–Crippen MR) is 96.5 cm³/mol. The highest BCUT2D eigenvalue weighted by Crippen LogP contribution is 2.25. The van der Waals surface area contributed by atoms with Gasteiger partial charge >= 0.3 is 0 Å². The molecule has 25 heavy (non-hydrogen) atoms. The molecule has 0 unspecified atom stereocenters. The van der Waals surface area contributed by atoms with E-state index in [4.69, 9.17) is 4.74 Å². The van der Waals surface area contributed by atoms with Crippen molar-refractivity contribution in [3.63, 3.8) is 0 Å².